The predicted octanol–water partition coefficient (Wildman–Crippen LogP) is 3.47. The third-order valence-corrected chi connectivity index (χ3v) is 4.57. The lowest BCUT2D eigenvalue weighted by atomic mass is 10.1. The molecule has 138 valence electrons. The number of ether oxygens (including phenoxy) is 1. The Balaban J connectivity index is 1.52. The molecule has 0 atom stereocenters. The van der Waals surface area contributed by atoms with Crippen LogP contribution in [0.25, 0.3) is 21.8 Å². The fourth-order valence-corrected chi connectivity index (χ4v) is 3.18. The zero-order valence-electron chi connectivity index (χ0n) is 14.9. The number of aromatic amines is 1. The highest BCUT2D eigenvalue weighted by molar-refractivity contribution is 6.09. The standard InChI is InChI=1S/C21H16N4O3/c22-8-3-9-25-12-17(16-4-1-2-5-19(16)25)20(26)13-28-21(27)14-6-7-15-11-23-24-18(15)10-14/h1-2,4-7,10-12H,3,9,13H2,(H,23,24). The van der Waals surface area contributed by atoms with Crippen LogP contribution in [0.1, 0.15) is 27.1 Å². The van der Waals surface area contributed by atoms with Gasteiger partial charge in [0.25, 0.3) is 0 Å². The maximum atomic E-state index is 12.7. The monoisotopic (exact) mass is 372 g/mol. The third kappa shape index (κ3) is 3.23. The van der Waals surface area contributed by atoms with Crippen molar-refractivity contribution in [2.24, 2.45) is 0 Å². The Labute approximate surface area is 160 Å². The van der Waals surface area contributed by atoms with Crippen LogP contribution in [-0.2, 0) is 11.3 Å². The van der Waals surface area contributed by atoms with Gasteiger partial charge in [0, 0.05) is 34.6 Å². The van der Waals surface area contributed by atoms with Crippen molar-refractivity contribution in [1.29, 1.82) is 5.26 Å². The number of carbonyl (C=O) groups excluding carboxylic acids is 2. The fraction of sp³-hybridized carbons (Fsp3) is 0.143. The molecule has 0 saturated heterocycles. The van der Waals surface area contributed by atoms with Crippen LogP contribution in [0, 0.1) is 11.3 Å². The molecular formula is C21H16N4O3. The smallest absolute Gasteiger partial charge is 0.338 e. The molecule has 0 saturated carbocycles. The molecule has 7 nitrogen and oxygen atoms in total. The quantitative estimate of drug-likeness (QED) is 0.412. The normalized spacial score (nSPS) is 10.8. The van der Waals surface area contributed by atoms with E-state index in [0.717, 1.165) is 21.8 Å². The summed E-state index contributed by atoms with van der Waals surface area (Å²) in [6.45, 7) is 0.139. The molecule has 0 bridgehead atoms. The number of H-pyrrole nitrogens is 1. The zero-order chi connectivity index (χ0) is 19.5. The second kappa shape index (κ2) is 7.37. The number of esters is 1. The number of ketones is 1. The maximum Gasteiger partial charge on any atom is 0.338 e. The van der Waals surface area contributed by atoms with Gasteiger partial charge < -0.3 is 9.30 Å². The molecule has 1 N–H and O–H groups in total. The number of rotatable bonds is 6. The second-order valence-corrected chi connectivity index (χ2v) is 6.33. The number of nitriles is 1. The minimum absolute atomic E-state index is 0.289. The van der Waals surface area contributed by atoms with E-state index in [9.17, 15) is 9.59 Å². The first-order valence-corrected chi connectivity index (χ1v) is 8.75. The van der Waals surface area contributed by atoms with Gasteiger partial charge in [0.05, 0.1) is 29.8 Å². The van der Waals surface area contributed by atoms with Gasteiger partial charge in [-0.05, 0) is 18.2 Å². The summed E-state index contributed by atoms with van der Waals surface area (Å²) in [7, 11) is 0. The van der Waals surface area contributed by atoms with E-state index in [-0.39, 0.29) is 12.4 Å². The number of para-hydroxylation sites is 1. The summed E-state index contributed by atoms with van der Waals surface area (Å²) in [6.07, 6.45) is 3.72. The van der Waals surface area contributed by atoms with Crippen LogP contribution in [0.2, 0.25) is 0 Å². The van der Waals surface area contributed by atoms with E-state index < -0.39 is 5.97 Å². The van der Waals surface area contributed by atoms with Crippen LogP contribution in [0.5, 0.6) is 0 Å². The first-order valence-electron chi connectivity index (χ1n) is 8.75. The molecule has 2 heterocycles. The Morgan fingerprint density at radius 1 is 1.21 bits per heavy atom. The van der Waals surface area contributed by atoms with Crippen LogP contribution >= 0.6 is 0 Å². The lowest BCUT2D eigenvalue weighted by Gasteiger charge is -2.04. The first kappa shape index (κ1) is 17.5. The van der Waals surface area contributed by atoms with E-state index in [1.165, 1.54) is 0 Å². The Kier molecular flexibility index (Phi) is 4.60. The van der Waals surface area contributed by atoms with Crippen molar-refractivity contribution >= 4 is 33.6 Å². The minimum Gasteiger partial charge on any atom is -0.454 e. The highest BCUT2D eigenvalue weighted by Crippen LogP contribution is 2.22. The minimum atomic E-state index is -0.571. The molecule has 0 aliphatic rings. The van der Waals surface area contributed by atoms with Crippen molar-refractivity contribution in [3.8, 4) is 6.07 Å². The van der Waals surface area contributed by atoms with Crippen LogP contribution < -0.4 is 0 Å². The van der Waals surface area contributed by atoms with E-state index in [4.69, 9.17) is 10.00 Å². The van der Waals surface area contributed by atoms with Crippen molar-refractivity contribution in [1.82, 2.24) is 14.8 Å². The number of carbonyl (C=O) groups is 2. The van der Waals surface area contributed by atoms with Crippen LogP contribution in [0.3, 0.4) is 0 Å². The Hall–Kier alpha value is -3.92. The van der Waals surface area contributed by atoms with Crippen molar-refractivity contribution in [2.75, 3.05) is 6.61 Å². The van der Waals surface area contributed by atoms with E-state index in [0.29, 0.717) is 24.1 Å². The van der Waals surface area contributed by atoms with Crippen LogP contribution in [0.4, 0.5) is 0 Å². The van der Waals surface area contributed by atoms with Gasteiger partial charge >= 0.3 is 5.97 Å². The van der Waals surface area contributed by atoms with Gasteiger partial charge in [0.2, 0.25) is 5.78 Å². The number of aromatic nitrogens is 3. The average Bonchev–Trinajstić information content (AvgIpc) is 3.34. The number of hydrogen-bond acceptors (Lipinski definition) is 5. The van der Waals surface area contributed by atoms with Gasteiger partial charge in [-0.15, -0.1) is 0 Å². The summed E-state index contributed by atoms with van der Waals surface area (Å²) in [6, 6.07) is 14.6. The summed E-state index contributed by atoms with van der Waals surface area (Å²) in [4.78, 5) is 25.0. The summed E-state index contributed by atoms with van der Waals surface area (Å²) < 4.78 is 7.10. The van der Waals surface area contributed by atoms with Gasteiger partial charge in [0.15, 0.2) is 6.61 Å². The average molecular weight is 372 g/mol. The molecule has 0 spiro atoms. The summed E-state index contributed by atoms with van der Waals surface area (Å²) >= 11 is 0. The molecule has 0 unspecified atom stereocenters. The molecule has 0 fully saturated rings. The number of benzene rings is 2. The maximum absolute atomic E-state index is 12.7. The van der Waals surface area contributed by atoms with E-state index in [2.05, 4.69) is 16.3 Å². The second-order valence-electron chi connectivity index (χ2n) is 6.33. The van der Waals surface area contributed by atoms with Gasteiger partial charge in [0.1, 0.15) is 0 Å². The number of aryl methyl sites for hydroxylation is 1. The number of fused-ring (bicyclic) bond motifs is 2. The fourth-order valence-electron chi connectivity index (χ4n) is 3.18. The molecule has 2 aromatic heterocycles. The number of Topliss-reactive ketones (excluding diaryl/α,β-unsaturated/α-hetero) is 1. The van der Waals surface area contributed by atoms with E-state index >= 15 is 0 Å². The van der Waals surface area contributed by atoms with E-state index in [1.54, 1.807) is 30.6 Å². The van der Waals surface area contributed by atoms with Crippen molar-refractivity contribution in [3.63, 3.8) is 0 Å². The Bertz CT molecular complexity index is 1230. The molecule has 2 aromatic carbocycles. The Morgan fingerprint density at radius 3 is 2.93 bits per heavy atom. The summed E-state index contributed by atoms with van der Waals surface area (Å²) in [5.41, 5.74) is 2.42. The molecule has 0 radical (unpaired) electrons. The molecule has 7 heteroatoms. The summed E-state index contributed by atoms with van der Waals surface area (Å²) in [5, 5.41) is 17.2. The van der Waals surface area contributed by atoms with Crippen molar-refractivity contribution in [3.05, 3.63) is 66.0 Å². The SMILES string of the molecule is N#CCCn1cc(C(=O)COC(=O)c2ccc3cn[nH]c3c2)c2ccccc21. The highest BCUT2D eigenvalue weighted by Gasteiger charge is 2.17. The Morgan fingerprint density at radius 2 is 2.07 bits per heavy atom. The van der Waals surface area contributed by atoms with Gasteiger partial charge in [-0.25, -0.2) is 4.79 Å². The van der Waals surface area contributed by atoms with Gasteiger partial charge in [-0.2, -0.15) is 10.4 Å². The molecule has 28 heavy (non-hydrogen) atoms. The largest absolute Gasteiger partial charge is 0.454 e. The van der Waals surface area contributed by atoms with Gasteiger partial charge in [-0.1, -0.05) is 24.3 Å². The molecule has 0 amide bonds. The van der Waals surface area contributed by atoms with Crippen LogP contribution in [0.15, 0.2) is 54.9 Å². The molecule has 4 rings (SSSR count). The molecule has 0 aliphatic heterocycles. The predicted molar refractivity (Wildman–Crippen MR) is 103 cm³/mol. The third-order valence-electron chi connectivity index (χ3n) is 4.57. The lowest BCUT2D eigenvalue weighted by Crippen LogP contribution is -2.14. The van der Waals surface area contributed by atoms with Gasteiger partial charge in [-0.3, -0.25) is 9.89 Å². The number of nitrogens with one attached hydrogen (secondary N) is 1. The summed E-state index contributed by atoms with van der Waals surface area (Å²) in [5.74, 6) is -0.860. The highest BCUT2D eigenvalue weighted by atomic mass is 16.5. The van der Waals surface area contributed by atoms with E-state index in [1.807, 2.05) is 28.8 Å². The first-order chi connectivity index (χ1) is 13.7. The van der Waals surface area contributed by atoms with Crippen molar-refractivity contribution < 1.29 is 14.3 Å². The molecule has 0 aliphatic carbocycles. The number of nitrogens with zero attached hydrogens (tertiary/aromatic N) is 3. The topological polar surface area (TPSA) is 101 Å². The zero-order valence-corrected chi connectivity index (χ0v) is 14.9. The molecular weight excluding hydrogens is 356 g/mol. The lowest BCUT2D eigenvalue weighted by molar-refractivity contribution is 0.0475. The number of hydrogen-bond donors (Lipinski definition) is 1. The molecule has 4 aromatic rings. The van der Waals surface area contributed by atoms with Crippen molar-refractivity contribution in [2.45, 2.75) is 13.0 Å². The van der Waals surface area contributed by atoms with Crippen LogP contribution in [-0.4, -0.2) is 33.1 Å².